The number of aromatic nitrogens is 2. The minimum Gasteiger partial charge on any atom is -0.340 e. The average molecular weight is 315 g/mol. The van der Waals surface area contributed by atoms with Crippen LogP contribution in [-0.2, 0) is 0 Å². The van der Waals surface area contributed by atoms with E-state index in [1.807, 2.05) is 0 Å². The zero-order valence-corrected chi connectivity index (χ0v) is 12.6. The molecule has 1 aromatic carbocycles. The number of rotatable bonds is 4. The lowest BCUT2D eigenvalue weighted by Crippen LogP contribution is -2.12. The van der Waals surface area contributed by atoms with Gasteiger partial charge in [0.15, 0.2) is 0 Å². The van der Waals surface area contributed by atoms with E-state index in [-0.39, 0.29) is 5.91 Å². The molecule has 3 aromatic rings. The molecule has 0 aliphatic carbocycles. The van der Waals surface area contributed by atoms with Crippen LogP contribution in [0.25, 0.3) is 0 Å². The molecule has 0 aliphatic heterocycles. The van der Waals surface area contributed by atoms with Crippen molar-refractivity contribution in [1.29, 1.82) is 5.26 Å². The Morgan fingerprint density at radius 2 is 1.79 bits per heavy atom. The summed E-state index contributed by atoms with van der Waals surface area (Å²) in [7, 11) is 0. The largest absolute Gasteiger partial charge is 0.340 e. The number of nitrogens with one attached hydrogen (secondary N) is 2. The second-order valence-electron chi connectivity index (χ2n) is 4.94. The number of nitriles is 1. The third-order valence-electron chi connectivity index (χ3n) is 3.23. The molecule has 0 spiro atoms. The van der Waals surface area contributed by atoms with E-state index in [9.17, 15) is 4.79 Å². The van der Waals surface area contributed by atoms with Crippen molar-refractivity contribution in [1.82, 2.24) is 9.97 Å². The van der Waals surface area contributed by atoms with Gasteiger partial charge in [-0.1, -0.05) is 0 Å². The Balaban J connectivity index is 1.65. The van der Waals surface area contributed by atoms with E-state index in [1.165, 1.54) is 6.20 Å². The van der Waals surface area contributed by atoms with Crippen molar-refractivity contribution in [3.05, 3.63) is 78.2 Å². The molecule has 2 N–H and O–H groups in total. The molecule has 0 fully saturated rings. The summed E-state index contributed by atoms with van der Waals surface area (Å²) in [5.74, 6) is 0.400. The highest BCUT2D eigenvalue weighted by Crippen LogP contribution is 2.17. The first-order valence-corrected chi connectivity index (χ1v) is 7.19. The first-order valence-electron chi connectivity index (χ1n) is 7.19. The van der Waals surface area contributed by atoms with Crippen LogP contribution in [0.4, 0.5) is 17.2 Å². The van der Waals surface area contributed by atoms with Crippen molar-refractivity contribution in [3.63, 3.8) is 0 Å². The maximum atomic E-state index is 12.0. The Morgan fingerprint density at radius 3 is 2.42 bits per heavy atom. The fourth-order valence-electron chi connectivity index (χ4n) is 2.02. The van der Waals surface area contributed by atoms with Crippen LogP contribution in [0.2, 0.25) is 0 Å². The minimum atomic E-state index is -0.238. The Bertz CT molecular complexity index is 868. The van der Waals surface area contributed by atoms with Crippen LogP contribution in [0.15, 0.2) is 67.1 Å². The second kappa shape index (κ2) is 7.03. The van der Waals surface area contributed by atoms with Crippen molar-refractivity contribution in [2.45, 2.75) is 0 Å². The number of hydrogen-bond donors (Lipinski definition) is 2. The van der Waals surface area contributed by atoms with Gasteiger partial charge < -0.3 is 10.6 Å². The van der Waals surface area contributed by atoms with Gasteiger partial charge in [-0.05, 0) is 48.5 Å². The summed E-state index contributed by atoms with van der Waals surface area (Å²) in [4.78, 5) is 20.2. The minimum absolute atomic E-state index is 0.238. The quantitative estimate of drug-likeness (QED) is 0.770. The molecular formula is C18H13N5O. The van der Waals surface area contributed by atoms with Crippen LogP contribution in [0.3, 0.4) is 0 Å². The van der Waals surface area contributed by atoms with Crippen LogP contribution >= 0.6 is 0 Å². The molecule has 0 bridgehead atoms. The number of nitrogens with zero attached hydrogens (tertiary/aromatic N) is 3. The number of hydrogen-bond acceptors (Lipinski definition) is 5. The summed E-state index contributed by atoms with van der Waals surface area (Å²) in [5, 5.41) is 14.7. The van der Waals surface area contributed by atoms with Gasteiger partial charge in [0.2, 0.25) is 0 Å². The van der Waals surface area contributed by atoms with Crippen LogP contribution in [0.5, 0.6) is 0 Å². The Labute approximate surface area is 138 Å². The van der Waals surface area contributed by atoms with Gasteiger partial charge in [0, 0.05) is 18.1 Å². The third kappa shape index (κ3) is 3.72. The van der Waals surface area contributed by atoms with Crippen molar-refractivity contribution in [2.24, 2.45) is 0 Å². The molecule has 1 amide bonds. The standard InChI is InChI=1S/C18H13N5O/c19-10-13-3-5-15(6-4-13)22-17-8-7-16(12-21-17)23-18(24)14-2-1-9-20-11-14/h1-9,11-12H,(H,21,22)(H,23,24). The van der Waals surface area contributed by atoms with E-state index in [0.717, 1.165) is 5.69 Å². The Kier molecular flexibility index (Phi) is 4.45. The Hall–Kier alpha value is -3.72. The summed E-state index contributed by atoms with van der Waals surface area (Å²) in [5.41, 5.74) is 2.50. The third-order valence-corrected chi connectivity index (χ3v) is 3.23. The summed E-state index contributed by atoms with van der Waals surface area (Å²) in [6, 6.07) is 16.0. The predicted octanol–water partition coefficient (Wildman–Crippen LogP) is 3.34. The number of anilines is 3. The first kappa shape index (κ1) is 15.2. The molecule has 0 aliphatic rings. The predicted molar refractivity (Wildman–Crippen MR) is 90.9 cm³/mol. The van der Waals surface area contributed by atoms with E-state index < -0.39 is 0 Å². The molecule has 2 heterocycles. The number of amides is 1. The van der Waals surface area contributed by atoms with Gasteiger partial charge in [-0.3, -0.25) is 9.78 Å². The molecule has 0 radical (unpaired) electrons. The molecule has 3 rings (SSSR count). The zero-order valence-electron chi connectivity index (χ0n) is 12.6. The van der Waals surface area contributed by atoms with Gasteiger partial charge in [0.1, 0.15) is 5.82 Å². The highest BCUT2D eigenvalue weighted by molar-refractivity contribution is 6.03. The number of benzene rings is 1. The van der Waals surface area contributed by atoms with E-state index in [1.54, 1.807) is 60.9 Å². The van der Waals surface area contributed by atoms with Crippen LogP contribution < -0.4 is 10.6 Å². The second-order valence-corrected chi connectivity index (χ2v) is 4.94. The SMILES string of the molecule is N#Cc1ccc(Nc2ccc(NC(=O)c3cccnc3)cn2)cc1. The van der Waals surface area contributed by atoms with Crippen molar-refractivity contribution < 1.29 is 4.79 Å². The highest BCUT2D eigenvalue weighted by Gasteiger charge is 2.06. The molecule has 6 nitrogen and oxygen atoms in total. The lowest BCUT2D eigenvalue weighted by molar-refractivity contribution is 0.102. The normalized spacial score (nSPS) is 9.79. The molecule has 0 unspecified atom stereocenters. The number of carbonyl (C=O) groups is 1. The smallest absolute Gasteiger partial charge is 0.257 e. The molecular weight excluding hydrogens is 302 g/mol. The zero-order chi connectivity index (χ0) is 16.8. The monoisotopic (exact) mass is 315 g/mol. The summed E-state index contributed by atoms with van der Waals surface area (Å²) >= 11 is 0. The van der Waals surface area contributed by atoms with Gasteiger partial charge in [0.05, 0.1) is 29.1 Å². The maximum Gasteiger partial charge on any atom is 0.257 e. The molecule has 2 aromatic heterocycles. The van der Waals surface area contributed by atoms with E-state index in [2.05, 4.69) is 26.7 Å². The van der Waals surface area contributed by atoms with E-state index >= 15 is 0 Å². The van der Waals surface area contributed by atoms with Gasteiger partial charge in [-0.15, -0.1) is 0 Å². The molecule has 0 atom stereocenters. The molecule has 0 saturated carbocycles. The Morgan fingerprint density at radius 1 is 1.00 bits per heavy atom. The lowest BCUT2D eigenvalue weighted by atomic mass is 10.2. The summed E-state index contributed by atoms with van der Waals surface area (Å²) in [6.07, 6.45) is 4.69. The van der Waals surface area contributed by atoms with Crippen molar-refractivity contribution in [2.75, 3.05) is 10.6 Å². The van der Waals surface area contributed by atoms with Crippen molar-refractivity contribution >= 4 is 23.1 Å². The van der Waals surface area contributed by atoms with Gasteiger partial charge >= 0.3 is 0 Å². The van der Waals surface area contributed by atoms with Gasteiger partial charge in [-0.2, -0.15) is 5.26 Å². The number of carbonyl (C=O) groups excluding carboxylic acids is 1. The topological polar surface area (TPSA) is 90.7 Å². The van der Waals surface area contributed by atoms with Gasteiger partial charge in [-0.25, -0.2) is 4.98 Å². The van der Waals surface area contributed by atoms with Gasteiger partial charge in [0.25, 0.3) is 5.91 Å². The summed E-state index contributed by atoms with van der Waals surface area (Å²) < 4.78 is 0. The van der Waals surface area contributed by atoms with Crippen molar-refractivity contribution in [3.8, 4) is 6.07 Å². The summed E-state index contributed by atoms with van der Waals surface area (Å²) in [6.45, 7) is 0. The fraction of sp³-hybridized carbons (Fsp3) is 0. The lowest BCUT2D eigenvalue weighted by Gasteiger charge is -2.08. The molecule has 24 heavy (non-hydrogen) atoms. The van der Waals surface area contributed by atoms with E-state index in [0.29, 0.717) is 22.6 Å². The molecule has 6 heteroatoms. The first-order chi connectivity index (χ1) is 11.7. The van der Waals surface area contributed by atoms with Crippen LogP contribution in [0, 0.1) is 11.3 Å². The average Bonchev–Trinajstić information content (AvgIpc) is 2.65. The van der Waals surface area contributed by atoms with Crippen LogP contribution in [0.1, 0.15) is 15.9 Å². The fourth-order valence-corrected chi connectivity index (χ4v) is 2.02. The van der Waals surface area contributed by atoms with E-state index in [4.69, 9.17) is 5.26 Å². The van der Waals surface area contributed by atoms with Crippen LogP contribution in [-0.4, -0.2) is 15.9 Å². The molecule has 0 saturated heterocycles. The molecule has 116 valence electrons. The number of pyridine rings is 2. The highest BCUT2D eigenvalue weighted by atomic mass is 16.1. The maximum absolute atomic E-state index is 12.0.